The van der Waals surface area contributed by atoms with Gasteiger partial charge in [0.05, 0.1) is 6.61 Å². The van der Waals surface area contributed by atoms with Crippen molar-refractivity contribution in [1.29, 1.82) is 0 Å². The lowest BCUT2D eigenvalue weighted by Crippen LogP contribution is -2.30. The zero-order valence-corrected chi connectivity index (χ0v) is 12.3. The minimum absolute atomic E-state index is 0.428. The molecule has 1 fully saturated rings. The van der Waals surface area contributed by atoms with Crippen molar-refractivity contribution in [3.8, 4) is 0 Å². The molecule has 1 heterocycles. The van der Waals surface area contributed by atoms with E-state index in [-0.39, 0.29) is 0 Å². The van der Waals surface area contributed by atoms with Crippen LogP contribution < -0.4 is 5.32 Å². The number of hydrogen-bond donors (Lipinski definition) is 1. The SMILES string of the molecule is CCCc1ccc(C(C)NCC2CCCOC2)cc1. The summed E-state index contributed by atoms with van der Waals surface area (Å²) in [5, 5.41) is 3.64. The molecule has 1 N–H and O–H groups in total. The molecule has 106 valence electrons. The lowest BCUT2D eigenvalue weighted by molar-refractivity contribution is 0.0540. The molecule has 0 aromatic heterocycles. The minimum Gasteiger partial charge on any atom is -0.381 e. The second-order valence-corrected chi connectivity index (χ2v) is 5.70. The Labute approximate surface area is 117 Å². The standard InChI is InChI=1S/C17H27NO/c1-3-5-15-7-9-17(10-8-15)14(2)18-12-16-6-4-11-19-13-16/h7-10,14,16,18H,3-6,11-13H2,1-2H3. The molecule has 0 amide bonds. The quantitative estimate of drug-likeness (QED) is 0.842. The maximum absolute atomic E-state index is 5.52. The molecule has 1 aliphatic rings. The van der Waals surface area contributed by atoms with Gasteiger partial charge in [-0.3, -0.25) is 0 Å². The molecule has 19 heavy (non-hydrogen) atoms. The maximum atomic E-state index is 5.52. The van der Waals surface area contributed by atoms with Crippen LogP contribution in [0.15, 0.2) is 24.3 Å². The minimum atomic E-state index is 0.428. The largest absolute Gasteiger partial charge is 0.381 e. The van der Waals surface area contributed by atoms with E-state index in [1.54, 1.807) is 0 Å². The predicted molar refractivity (Wildman–Crippen MR) is 80.4 cm³/mol. The highest BCUT2D eigenvalue weighted by atomic mass is 16.5. The van der Waals surface area contributed by atoms with E-state index >= 15 is 0 Å². The summed E-state index contributed by atoms with van der Waals surface area (Å²) in [4.78, 5) is 0. The van der Waals surface area contributed by atoms with Gasteiger partial charge in [-0.15, -0.1) is 0 Å². The van der Waals surface area contributed by atoms with Crippen LogP contribution >= 0.6 is 0 Å². The zero-order chi connectivity index (χ0) is 13.5. The number of nitrogens with one attached hydrogen (secondary N) is 1. The number of benzene rings is 1. The van der Waals surface area contributed by atoms with E-state index in [0.717, 1.165) is 19.8 Å². The first kappa shape index (κ1) is 14.5. The molecule has 1 aromatic carbocycles. The topological polar surface area (TPSA) is 21.3 Å². The molecule has 1 saturated heterocycles. The van der Waals surface area contributed by atoms with Gasteiger partial charge in [-0.05, 0) is 43.2 Å². The van der Waals surface area contributed by atoms with Crippen LogP contribution in [0.2, 0.25) is 0 Å². The number of ether oxygens (including phenoxy) is 1. The normalized spacial score (nSPS) is 21.3. The molecule has 0 aliphatic carbocycles. The van der Waals surface area contributed by atoms with Gasteiger partial charge < -0.3 is 10.1 Å². The Balaban J connectivity index is 1.79. The molecule has 0 spiro atoms. The fourth-order valence-corrected chi connectivity index (χ4v) is 2.69. The predicted octanol–water partition coefficient (Wildman–Crippen LogP) is 3.72. The van der Waals surface area contributed by atoms with Gasteiger partial charge in [0.25, 0.3) is 0 Å². The van der Waals surface area contributed by atoms with Crippen LogP contribution in [0.25, 0.3) is 0 Å². The third-order valence-electron chi connectivity index (χ3n) is 3.99. The van der Waals surface area contributed by atoms with Gasteiger partial charge in [0, 0.05) is 19.2 Å². The number of hydrogen-bond acceptors (Lipinski definition) is 2. The molecule has 0 bridgehead atoms. The third-order valence-corrected chi connectivity index (χ3v) is 3.99. The monoisotopic (exact) mass is 261 g/mol. The highest BCUT2D eigenvalue weighted by Crippen LogP contribution is 2.17. The fraction of sp³-hybridized carbons (Fsp3) is 0.647. The van der Waals surface area contributed by atoms with E-state index in [9.17, 15) is 0 Å². The van der Waals surface area contributed by atoms with Crippen LogP contribution in [0.1, 0.15) is 50.3 Å². The number of rotatable bonds is 6. The summed E-state index contributed by atoms with van der Waals surface area (Å²) in [5.41, 5.74) is 2.83. The molecule has 0 saturated carbocycles. The third kappa shape index (κ3) is 4.63. The van der Waals surface area contributed by atoms with Crippen molar-refractivity contribution < 1.29 is 4.74 Å². The van der Waals surface area contributed by atoms with E-state index in [0.29, 0.717) is 12.0 Å². The van der Waals surface area contributed by atoms with E-state index in [2.05, 4.69) is 43.4 Å². The van der Waals surface area contributed by atoms with Gasteiger partial charge >= 0.3 is 0 Å². The van der Waals surface area contributed by atoms with Crippen molar-refractivity contribution >= 4 is 0 Å². The van der Waals surface area contributed by atoms with Crippen molar-refractivity contribution in [3.05, 3.63) is 35.4 Å². The Kier molecular flexibility index (Phi) is 5.87. The fourth-order valence-electron chi connectivity index (χ4n) is 2.69. The van der Waals surface area contributed by atoms with Gasteiger partial charge in [-0.2, -0.15) is 0 Å². The highest BCUT2D eigenvalue weighted by molar-refractivity contribution is 5.24. The van der Waals surface area contributed by atoms with Crippen LogP contribution in [0.4, 0.5) is 0 Å². The van der Waals surface area contributed by atoms with Gasteiger partial charge in [0.15, 0.2) is 0 Å². The van der Waals surface area contributed by atoms with Gasteiger partial charge in [0.1, 0.15) is 0 Å². The summed E-state index contributed by atoms with van der Waals surface area (Å²) >= 11 is 0. The van der Waals surface area contributed by atoms with E-state index < -0.39 is 0 Å². The van der Waals surface area contributed by atoms with E-state index in [1.807, 2.05) is 0 Å². The summed E-state index contributed by atoms with van der Waals surface area (Å²) in [7, 11) is 0. The van der Waals surface area contributed by atoms with E-state index in [4.69, 9.17) is 4.74 Å². The molecule has 2 heteroatoms. The summed E-state index contributed by atoms with van der Waals surface area (Å²) in [6.07, 6.45) is 4.91. The van der Waals surface area contributed by atoms with Crippen LogP contribution in [-0.4, -0.2) is 19.8 Å². The Hall–Kier alpha value is -0.860. The molecule has 2 rings (SSSR count). The first-order valence-electron chi connectivity index (χ1n) is 7.69. The molecular weight excluding hydrogens is 234 g/mol. The molecule has 2 nitrogen and oxygen atoms in total. The van der Waals surface area contributed by atoms with Crippen molar-refractivity contribution in [2.75, 3.05) is 19.8 Å². The van der Waals surface area contributed by atoms with Crippen molar-refractivity contribution in [1.82, 2.24) is 5.32 Å². The molecule has 2 unspecified atom stereocenters. The van der Waals surface area contributed by atoms with Crippen molar-refractivity contribution in [2.45, 2.75) is 45.6 Å². The van der Waals surface area contributed by atoms with Crippen LogP contribution in [-0.2, 0) is 11.2 Å². The Morgan fingerprint density at radius 2 is 2.11 bits per heavy atom. The highest BCUT2D eigenvalue weighted by Gasteiger charge is 2.15. The van der Waals surface area contributed by atoms with Crippen molar-refractivity contribution in [2.24, 2.45) is 5.92 Å². The average molecular weight is 261 g/mol. The summed E-state index contributed by atoms with van der Waals surface area (Å²) in [5.74, 6) is 0.690. The van der Waals surface area contributed by atoms with E-state index in [1.165, 1.54) is 36.8 Å². The van der Waals surface area contributed by atoms with Crippen LogP contribution in [0.3, 0.4) is 0 Å². The molecule has 1 aliphatic heterocycles. The molecule has 2 atom stereocenters. The summed E-state index contributed by atoms with van der Waals surface area (Å²) in [6, 6.07) is 9.49. The molecule has 0 radical (unpaired) electrons. The van der Waals surface area contributed by atoms with Gasteiger partial charge in [0.2, 0.25) is 0 Å². The Morgan fingerprint density at radius 3 is 2.74 bits per heavy atom. The summed E-state index contributed by atoms with van der Waals surface area (Å²) in [6.45, 7) is 7.42. The average Bonchev–Trinajstić information content (AvgIpc) is 2.47. The Bertz CT molecular complexity index is 354. The van der Waals surface area contributed by atoms with Crippen molar-refractivity contribution in [3.63, 3.8) is 0 Å². The first-order valence-corrected chi connectivity index (χ1v) is 7.69. The smallest absolute Gasteiger partial charge is 0.0506 e. The van der Waals surface area contributed by atoms with Crippen LogP contribution in [0, 0.1) is 5.92 Å². The van der Waals surface area contributed by atoms with Crippen LogP contribution in [0.5, 0.6) is 0 Å². The lowest BCUT2D eigenvalue weighted by atomic mass is 10.0. The van der Waals surface area contributed by atoms with Gasteiger partial charge in [-0.1, -0.05) is 37.6 Å². The number of aryl methyl sites for hydroxylation is 1. The zero-order valence-electron chi connectivity index (χ0n) is 12.3. The second-order valence-electron chi connectivity index (χ2n) is 5.70. The van der Waals surface area contributed by atoms with Gasteiger partial charge in [-0.25, -0.2) is 0 Å². The lowest BCUT2D eigenvalue weighted by Gasteiger charge is -2.24. The Morgan fingerprint density at radius 1 is 1.32 bits per heavy atom. The second kappa shape index (κ2) is 7.66. The molecular formula is C17H27NO. The summed E-state index contributed by atoms with van der Waals surface area (Å²) < 4.78 is 5.52. The maximum Gasteiger partial charge on any atom is 0.0506 e. The first-order chi connectivity index (χ1) is 9.29. The molecule has 1 aromatic rings.